The Hall–Kier alpha value is -2.20. The number of hydrogen-bond acceptors (Lipinski definition) is 4. The van der Waals surface area contributed by atoms with Gasteiger partial charge in [-0.25, -0.2) is 0 Å². The molecule has 1 aliphatic heterocycles. The van der Waals surface area contributed by atoms with E-state index < -0.39 is 0 Å². The number of rotatable bonds is 1. The maximum Gasteiger partial charge on any atom is 0.128 e. The van der Waals surface area contributed by atoms with E-state index in [9.17, 15) is 0 Å². The highest BCUT2D eigenvalue weighted by atomic mass is 32.1. The molecular formula is C18H15N3S. The van der Waals surface area contributed by atoms with Gasteiger partial charge in [0.1, 0.15) is 11.0 Å². The van der Waals surface area contributed by atoms with Crippen molar-refractivity contribution >= 4 is 50.0 Å². The van der Waals surface area contributed by atoms with Crippen LogP contribution in [0.3, 0.4) is 0 Å². The van der Waals surface area contributed by atoms with Gasteiger partial charge in [0, 0.05) is 18.5 Å². The molecule has 0 radical (unpaired) electrons. The quantitative estimate of drug-likeness (QED) is 0.481. The van der Waals surface area contributed by atoms with Crippen molar-refractivity contribution in [3.63, 3.8) is 0 Å². The molecule has 3 aromatic carbocycles. The fraction of sp³-hybridized carbons (Fsp3) is 0.222. The highest BCUT2D eigenvalue weighted by molar-refractivity contribution is 7.00. The minimum absolute atomic E-state index is 1.05. The molecule has 0 aliphatic carbocycles. The standard InChI is InChI=1S/C18H15N3S/c1-2-6-13-10-15-14(9-12(13)5-1)11-16(21-7-3-4-8-21)18-17(15)19-22-20-18/h1-2,5-6,9-11H,3-4,7-8H2. The van der Waals surface area contributed by atoms with E-state index in [0.717, 1.165) is 24.1 Å². The van der Waals surface area contributed by atoms with E-state index in [1.807, 2.05) is 0 Å². The van der Waals surface area contributed by atoms with Crippen LogP contribution in [0.1, 0.15) is 12.8 Å². The van der Waals surface area contributed by atoms with Crippen LogP contribution in [-0.4, -0.2) is 21.8 Å². The Morgan fingerprint density at radius 3 is 2.36 bits per heavy atom. The molecule has 4 heteroatoms. The van der Waals surface area contributed by atoms with Gasteiger partial charge in [0.15, 0.2) is 0 Å². The maximum atomic E-state index is 4.59. The van der Waals surface area contributed by atoms with Crippen molar-refractivity contribution < 1.29 is 0 Å². The van der Waals surface area contributed by atoms with Gasteiger partial charge >= 0.3 is 0 Å². The van der Waals surface area contributed by atoms with Crippen LogP contribution in [0.4, 0.5) is 5.69 Å². The summed E-state index contributed by atoms with van der Waals surface area (Å²) in [6.07, 6.45) is 2.55. The second kappa shape index (κ2) is 4.65. The summed E-state index contributed by atoms with van der Waals surface area (Å²) in [5, 5.41) is 5.02. The van der Waals surface area contributed by atoms with Gasteiger partial charge in [-0.1, -0.05) is 24.3 Å². The summed E-state index contributed by atoms with van der Waals surface area (Å²) < 4.78 is 9.17. The molecule has 1 aromatic heterocycles. The van der Waals surface area contributed by atoms with E-state index in [2.05, 4.69) is 56.1 Å². The van der Waals surface area contributed by atoms with Crippen molar-refractivity contribution in [3.8, 4) is 0 Å². The third-order valence-corrected chi connectivity index (χ3v) is 5.17. The number of fused-ring (bicyclic) bond motifs is 4. The van der Waals surface area contributed by atoms with Crippen LogP contribution in [0.15, 0.2) is 42.5 Å². The van der Waals surface area contributed by atoms with Gasteiger partial charge in [0.2, 0.25) is 0 Å². The first-order valence-corrected chi connectivity index (χ1v) is 8.46. The average Bonchev–Trinajstić information content (AvgIpc) is 3.24. The van der Waals surface area contributed by atoms with Crippen molar-refractivity contribution in [1.82, 2.24) is 8.75 Å². The normalized spacial score (nSPS) is 15.4. The molecule has 0 bridgehead atoms. The van der Waals surface area contributed by atoms with Gasteiger partial charge in [0.25, 0.3) is 0 Å². The number of aromatic nitrogens is 2. The van der Waals surface area contributed by atoms with Crippen molar-refractivity contribution in [1.29, 1.82) is 0 Å². The third kappa shape index (κ3) is 1.74. The first-order valence-electron chi connectivity index (χ1n) is 7.73. The molecule has 0 amide bonds. The SMILES string of the molecule is c1ccc2cc3c(cc(N4CCCC4)c4nsnc43)cc2c1. The van der Waals surface area contributed by atoms with Gasteiger partial charge in [-0.15, -0.1) is 0 Å². The summed E-state index contributed by atoms with van der Waals surface area (Å²) in [7, 11) is 0. The Balaban J connectivity index is 1.89. The molecule has 0 spiro atoms. The summed E-state index contributed by atoms with van der Waals surface area (Å²) >= 11 is 1.32. The van der Waals surface area contributed by atoms with E-state index in [-0.39, 0.29) is 0 Å². The Morgan fingerprint density at radius 2 is 1.55 bits per heavy atom. The van der Waals surface area contributed by atoms with E-state index in [0.29, 0.717) is 0 Å². The number of anilines is 1. The average molecular weight is 305 g/mol. The van der Waals surface area contributed by atoms with Gasteiger partial charge in [-0.3, -0.25) is 0 Å². The van der Waals surface area contributed by atoms with E-state index in [1.54, 1.807) is 0 Å². The van der Waals surface area contributed by atoms with Crippen LogP contribution in [0.25, 0.3) is 32.6 Å². The second-order valence-electron chi connectivity index (χ2n) is 5.97. The highest BCUT2D eigenvalue weighted by Crippen LogP contribution is 2.36. The van der Waals surface area contributed by atoms with Crippen LogP contribution in [-0.2, 0) is 0 Å². The largest absolute Gasteiger partial charge is 0.370 e. The molecule has 1 saturated heterocycles. The molecule has 0 unspecified atom stereocenters. The lowest BCUT2D eigenvalue weighted by Crippen LogP contribution is -2.17. The minimum atomic E-state index is 1.05. The molecule has 1 fully saturated rings. The smallest absolute Gasteiger partial charge is 0.128 e. The van der Waals surface area contributed by atoms with Gasteiger partial charge < -0.3 is 4.90 Å². The maximum absolute atomic E-state index is 4.59. The molecule has 1 aliphatic rings. The molecule has 4 aromatic rings. The lowest BCUT2D eigenvalue weighted by Gasteiger charge is -2.18. The first-order chi connectivity index (χ1) is 10.9. The molecule has 108 valence electrons. The Labute approximate surface area is 132 Å². The van der Waals surface area contributed by atoms with Crippen molar-refractivity contribution in [2.45, 2.75) is 12.8 Å². The molecule has 2 heterocycles. The summed E-state index contributed by atoms with van der Waals surface area (Å²) in [5.41, 5.74) is 3.37. The van der Waals surface area contributed by atoms with Crippen LogP contribution >= 0.6 is 11.7 Å². The summed E-state index contributed by atoms with van der Waals surface area (Å²) in [6.45, 7) is 2.26. The fourth-order valence-corrected chi connectivity index (χ4v) is 4.10. The fourth-order valence-electron chi connectivity index (χ4n) is 3.53. The van der Waals surface area contributed by atoms with Crippen LogP contribution in [0.2, 0.25) is 0 Å². The van der Waals surface area contributed by atoms with Crippen LogP contribution in [0, 0.1) is 0 Å². The topological polar surface area (TPSA) is 29.0 Å². The Morgan fingerprint density at radius 1 is 0.818 bits per heavy atom. The highest BCUT2D eigenvalue weighted by Gasteiger charge is 2.19. The third-order valence-electron chi connectivity index (χ3n) is 4.64. The van der Waals surface area contributed by atoms with Crippen LogP contribution in [0.5, 0.6) is 0 Å². The molecule has 0 N–H and O–H groups in total. The predicted molar refractivity (Wildman–Crippen MR) is 93.9 cm³/mol. The lowest BCUT2D eigenvalue weighted by atomic mass is 10.0. The van der Waals surface area contributed by atoms with E-state index in [1.165, 1.54) is 51.8 Å². The van der Waals surface area contributed by atoms with E-state index >= 15 is 0 Å². The summed E-state index contributed by atoms with van der Waals surface area (Å²) in [5.74, 6) is 0. The number of hydrogen-bond donors (Lipinski definition) is 0. The predicted octanol–water partition coefficient (Wildman–Crippen LogP) is 4.60. The first kappa shape index (κ1) is 12.4. The zero-order valence-electron chi connectivity index (χ0n) is 12.1. The van der Waals surface area contributed by atoms with Gasteiger partial charge in [-0.2, -0.15) is 8.75 Å². The zero-order valence-corrected chi connectivity index (χ0v) is 12.9. The summed E-state index contributed by atoms with van der Waals surface area (Å²) in [4.78, 5) is 2.46. The molecule has 5 rings (SSSR count). The number of benzene rings is 3. The monoisotopic (exact) mass is 305 g/mol. The Kier molecular flexibility index (Phi) is 2.61. The van der Waals surface area contributed by atoms with Crippen molar-refractivity contribution in [2.75, 3.05) is 18.0 Å². The van der Waals surface area contributed by atoms with Crippen molar-refractivity contribution in [3.05, 3.63) is 42.5 Å². The number of nitrogens with zero attached hydrogens (tertiary/aromatic N) is 3. The molecular weight excluding hydrogens is 290 g/mol. The van der Waals surface area contributed by atoms with Gasteiger partial charge in [0.05, 0.1) is 17.4 Å². The molecule has 0 saturated carbocycles. The summed E-state index contributed by atoms with van der Waals surface area (Å²) in [6, 6.07) is 15.4. The Bertz CT molecular complexity index is 999. The molecule has 3 nitrogen and oxygen atoms in total. The minimum Gasteiger partial charge on any atom is -0.370 e. The second-order valence-corrected chi connectivity index (χ2v) is 6.50. The van der Waals surface area contributed by atoms with Crippen LogP contribution < -0.4 is 4.90 Å². The molecule has 0 atom stereocenters. The lowest BCUT2D eigenvalue weighted by molar-refractivity contribution is 0.949. The van der Waals surface area contributed by atoms with Gasteiger partial charge in [-0.05, 0) is 47.2 Å². The van der Waals surface area contributed by atoms with Crippen molar-refractivity contribution in [2.24, 2.45) is 0 Å². The zero-order chi connectivity index (χ0) is 14.5. The molecule has 22 heavy (non-hydrogen) atoms. The van der Waals surface area contributed by atoms with E-state index in [4.69, 9.17) is 0 Å².